The Balaban J connectivity index is 1.64. The Morgan fingerprint density at radius 2 is 1.71 bits per heavy atom. The van der Waals surface area contributed by atoms with E-state index in [0.29, 0.717) is 44.1 Å². The van der Waals surface area contributed by atoms with E-state index >= 15 is 0 Å². The smallest absolute Gasteiger partial charge is 0.295 e. The number of carbonyl (C=O) groups is 2. The lowest BCUT2D eigenvalue weighted by molar-refractivity contribution is -0.140. The van der Waals surface area contributed by atoms with Crippen LogP contribution in [0.2, 0.25) is 0 Å². The third kappa shape index (κ3) is 7.68. The summed E-state index contributed by atoms with van der Waals surface area (Å²) in [7, 11) is 0. The molecule has 0 aromatic heterocycles. The summed E-state index contributed by atoms with van der Waals surface area (Å²) in [5, 5.41) is 11.6. The van der Waals surface area contributed by atoms with Crippen LogP contribution in [0.1, 0.15) is 69.2 Å². The van der Waals surface area contributed by atoms with E-state index < -0.39 is 17.7 Å². The zero-order valence-electron chi connectivity index (χ0n) is 24.9. The lowest BCUT2D eigenvalue weighted by Crippen LogP contribution is -2.38. The van der Waals surface area contributed by atoms with Crippen LogP contribution in [0.4, 0.5) is 0 Å². The maximum atomic E-state index is 13.5. The molecule has 2 fully saturated rings. The van der Waals surface area contributed by atoms with Crippen molar-refractivity contribution >= 4 is 17.4 Å². The minimum absolute atomic E-state index is 0.00947. The number of hydrogen-bond donors (Lipinski definition) is 1. The summed E-state index contributed by atoms with van der Waals surface area (Å²) in [4.78, 5) is 30.8. The van der Waals surface area contributed by atoms with Crippen LogP contribution in [-0.2, 0) is 14.3 Å². The number of likely N-dealkylation sites (tertiary alicyclic amines) is 1. The van der Waals surface area contributed by atoms with Crippen molar-refractivity contribution < 1.29 is 28.9 Å². The molecule has 41 heavy (non-hydrogen) atoms. The van der Waals surface area contributed by atoms with Crippen molar-refractivity contribution in [1.29, 1.82) is 0 Å². The number of aliphatic hydroxyl groups is 1. The lowest BCUT2D eigenvalue weighted by Gasteiger charge is -2.29. The molecule has 2 aromatic carbocycles. The van der Waals surface area contributed by atoms with E-state index in [-0.39, 0.29) is 17.4 Å². The average Bonchev–Trinajstić information content (AvgIpc) is 3.21. The molecule has 4 rings (SSSR count). The molecular formula is C33H44N2O6. The van der Waals surface area contributed by atoms with Crippen molar-refractivity contribution in [2.45, 2.75) is 65.5 Å². The molecule has 0 aliphatic carbocycles. The second-order valence-corrected chi connectivity index (χ2v) is 11.1. The summed E-state index contributed by atoms with van der Waals surface area (Å²) < 4.78 is 17.1. The number of unbranched alkanes of at least 4 members (excludes halogenated alkanes) is 2. The molecule has 1 N–H and O–H groups in total. The van der Waals surface area contributed by atoms with Crippen LogP contribution in [0.25, 0.3) is 5.76 Å². The number of amides is 1. The zero-order chi connectivity index (χ0) is 29.4. The van der Waals surface area contributed by atoms with Gasteiger partial charge in [-0.15, -0.1) is 0 Å². The van der Waals surface area contributed by atoms with Crippen LogP contribution >= 0.6 is 0 Å². The van der Waals surface area contributed by atoms with E-state index in [1.165, 1.54) is 0 Å². The van der Waals surface area contributed by atoms with Gasteiger partial charge in [0.2, 0.25) is 0 Å². The summed E-state index contributed by atoms with van der Waals surface area (Å²) in [5.41, 5.74) is 2.14. The number of benzene rings is 2. The summed E-state index contributed by atoms with van der Waals surface area (Å²) >= 11 is 0. The number of ether oxygens (including phenoxy) is 3. The lowest BCUT2D eigenvalue weighted by atomic mass is 9.93. The highest BCUT2D eigenvalue weighted by Crippen LogP contribution is 2.40. The highest BCUT2D eigenvalue weighted by molar-refractivity contribution is 6.46. The Hall–Kier alpha value is -3.36. The summed E-state index contributed by atoms with van der Waals surface area (Å²) in [5.74, 6) is 0.00317. The molecule has 0 spiro atoms. The summed E-state index contributed by atoms with van der Waals surface area (Å²) in [6.45, 7) is 12.9. The van der Waals surface area contributed by atoms with Crippen LogP contribution < -0.4 is 9.47 Å². The molecule has 0 bridgehead atoms. The molecular weight excluding hydrogens is 520 g/mol. The van der Waals surface area contributed by atoms with Gasteiger partial charge in [0.25, 0.3) is 11.7 Å². The number of morpholine rings is 1. The summed E-state index contributed by atoms with van der Waals surface area (Å²) in [6, 6.07) is 12.2. The molecule has 1 atom stereocenters. The van der Waals surface area contributed by atoms with Crippen LogP contribution in [0.15, 0.2) is 48.0 Å². The highest BCUT2D eigenvalue weighted by atomic mass is 16.5. The van der Waals surface area contributed by atoms with Gasteiger partial charge in [0, 0.05) is 31.7 Å². The van der Waals surface area contributed by atoms with Crippen LogP contribution in [0.3, 0.4) is 0 Å². The van der Waals surface area contributed by atoms with Gasteiger partial charge >= 0.3 is 0 Å². The Kier molecular flexibility index (Phi) is 10.8. The Morgan fingerprint density at radius 3 is 2.37 bits per heavy atom. The number of aryl methyl sites for hydroxylation is 1. The van der Waals surface area contributed by atoms with Gasteiger partial charge in [-0.05, 0) is 75.1 Å². The SMILES string of the molecule is CCCCCOc1ccc(C2/C(=C(\O)c3ccc(OC(C)C)cc3C)C(=O)C(=O)N2CCCN2CCOCC2)cc1. The zero-order valence-corrected chi connectivity index (χ0v) is 24.9. The number of carbonyl (C=O) groups excluding carboxylic acids is 2. The third-order valence-corrected chi connectivity index (χ3v) is 7.55. The number of Topliss-reactive ketones (excluding diaryl/α,β-unsaturated/α-hetero) is 1. The fourth-order valence-electron chi connectivity index (χ4n) is 5.43. The number of aliphatic hydroxyl groups excluding tert-OH is 1. The second-order valence-electron chi connectivity index (χ2n) is 11.1. The van der Waals surface area contributed by atoms with Crippen molar-refractivity contribution in [3.8, 4) is 11.5 Å². The maximum absolute atomic E-state index is 13.5. The van der Waals surface area contributed by atoms with Crippen molar-refractivity contribution in [3.05, 3.63) is 64.7 Å². The van der Waals surface area contributed by atoms with E-state index in [0.717, 1.165) is 55.8 Å². The Bertz CT molecular complexity index is 1220. The molecule has 8 heteroatoms. The van der Waals surface area contributed by atoms with Gasteiger partial charge in [0.15, 0.2) is 0 Å². The van der Waals surface area contributed by atoms with Crippen molar-refractivity contribution in [2.75, 3.05) is 46.0 Å². The van der Waals surface area contributed by atoms with Gasteiger partial charge in [-0.25, -0.2) is 0 Å². The molecule has 2 aliphatic rings. The van der Waals surface area contributed by atoms with Gasteiger partial charge in [-0.2, -0.15) is 0 Å². The van der Waals surface area contributed by atoms with E-state index in [2.05, 4.69) is 11.8 Å². The number of rotatable bonds is 13. The quantitative estimate of drug-likeness (QED) is 0.149. The fourth-order valence-corrected chi connectivity index (χ4v) is 5.43. The van der Waals surface area contributed by atoms with Gasteiger partial charge in [0.05, 0.1) is 37.5 Å². The molecule has 1 amide bonds. The predicted octanol–water partition coefficient (Wildman–Crippen LogP) is 5.50. The predicted molar refractivity (Wildman–Crippen MR) is 159 cm³/mol. The molecule has 8 nitrogen and oxygen atoms in total. The van der Waals surface area contributed by atoms with Crippen molar-refractivity contribution in [1.82, 2.24) is 9.80 Å². The Morgan fingerprint density at radius 1 is 1.00 bits per heavy atom. The van der Waals surface area contributed by atoms with E-state index in [9.17, 15) is 14.7 Å². The first-order chi connectivity index (χ1) is 19.8. The third-order valence-electron chi connectivity index (χ3n) is 7.55. The minimum atomic E-state index is -0.695. The first kappa shape index (κ1) is 30.6. The van der Waals surface area contributed by atoms with E-state index in [1.807, 2.05) is 51.1 Å². The molecule has 222 valence electrons. The van der Waals surface area contributed by atoms with Crippen molar-refractivity contribution in [3.63, 3.8) is 0 Å². The van der Waals surface area contributed by atoms with E-state index in [1.54, 1.807) is 17.0 Å². The van der Waals surface area contributed by atoms with Gasteiger partial charge in [-0.1, -0.05) is 31.9 Å². The number of hydrogen-bond acceptors (Lipinski definition) is 7. The van der Waals surface area contributed by atoms with Crippen molar-refractivity contribution in [2.24, 2.45) is 0 Å². The monoisotopic (exact) mass is 564 g/mol. The summed E-state index contributed by atoms with van der Waals surface area (Å²) in [6.07, 6.45) is 3.94. The average molecular weight is 565 g/mol. The topological polar surface area (TPSA) is 88.5 Å². The number of nitrogens with zero attached hydrogens (tertiary/aromatic N) is 2. The second kappa shape index (κ2) is 14.5. The van der Waals surface area contributed by atoms with Crippen LogP contribution in [0, 0.1) is 6.92 Å². The normalized spacial score (nSPS) is 19.2. The molecule has 2 aromatic rings. The number of ketones is 1. The molecule has 1 unspecified atom stereocenters. The maximum Gasteiger partial charge on any atom is 0.295 e. The van der Waals surface area contributed by atoms with Crippen LogP contribution in [0.5, 0.6) is 11.5 Å². The minimum Gasteiger partial charge on any atom is -0.507 e. The highest BCUT2D eigenvalue weighted by Gasteiger charge is 2.46. The fraction of sp³-hybridized carbons (Fsp3) is 0.515. The van der Waals surface area contributed by atoms with Crippen LogP contribution in [-0.4, -0.2) is 78.7 Å². The van der Waals surface area contributed by atoms with E-state index in [4.69, 9.17) is 14.2 Å². The van der Waals surface area contributed by atoms with Gasteiger partial charge in [-0.3, -0.25) is 14.5 Å². The largest absolute Gasteiger partial charge is 0.507 e. The Labute approximate surface area is 243 Å². The molecule has 0 radical (unpaired) electrons. The molecule has 2 heterocycles. The first-order valence-corrected chi connectivity index (χ1v) is 14.9. The van der Waals surface area contributed by atoms with Gasteiger partial charge in [0.1, 0.15) is 17.3 Å². The van der Waals surface area contributed by atoms with Gasteiger partial charge < -0.3 is 24.2 Å². The molecule has 2 saturated heterocycles. The standard InChI is InChI=1S/C33H44N2O6/c1-5-6-7-19-40-26-11-9-25(10-12-26)30-29(31(36)28-14-13-27(22-24(28)4)41-23(2)3)32(37)33(38)35(30)16-8-15-34-17-20-39-21-18-34/h9-14,22-23,30,36H,5-8,15-21H2,1-4H3/b31-29+. The first-order valence-electron chi connectivity index (χ1n) is 14.9. The molecule has 2 aliphatic heterocycles. The molecule has 0 saturated carbocycles.